The minimum absolute atomic E-state index is 0.304. The molecule has 0 aliphatic carbocycles. The summed E-state index contributed by atoms with van der Waals surface area (Å²) in [5.41, 5.74) is 4.30. The van der Waals surface area contributed by atoms with Crippen molar-refractivity contribution < 1.29 is 8.78 Å². The second kappa shape index (κ2) is 10.9. The molecule has 0 unspecified atom stereocenters. The molecule has 0 amide bonds. The van der Waals surface area contributed by atoms with Gasteiger partial charge in [-0.3, -0.25) is 0 Å². The maximum atomic E-state index is 14.4. The molecule has 3 aromatic carbocycles. The Morgan fingerprint density at radius 1 is 0.621 bits per heavy atom. The lowest BCUT2D eigenvalue weighted by molar-refractivity contribution is 0.511. The summed E-state index contributed by atoms with van der Waals surface area (Å²) in [5.74, 6) is -1.61. The lowest BCUT2D eigenvalue weighted by Crippen LogP contribution is -1.93. The third-order valence-corrected chi connectivity index (χ3v) is 5.48. The highest BCUT2D eigenvalue weighted by Gasteiger charge is 2.14. The van der Waals surface area contributed by atoms with Crippen LogP contribution in [0.1, 0.15) is 57.4 Å². The molecule has 0 radical (unpaired) electrons. The van der Waals surface area contributed by atoms with Crippen LogP contribution in [0.15, 0.2) is 66.7 Å². The van der Waals surface area contributed by atoms with Crippen LogP contribution in [-0.2, 0) is 6.42 Å². The van der Waals surface area contributed by atoms with Gasteiger partial charge in [-0.15, -0.1) is 0 Å². The molecule has 3 rings (SSSR count). The van der Waals surface area contributed by atoms with E-state index in [0.717, 1.165) is 29.2 Å². The number of unbranched alkanes of at least 4 members (excludes halogenated alkanes) is 6. The van der Waals surface area contributed by atoms with E-state index >= 15 is 0 Å². The van der Waals surface area contributed by atoms with Crippen LogP contribution in [0.5, 0.6) is 0 Å². The molecule has 152 valence electrons. The summed E-state index contributed by atoms with van der Waals surface area (Å²) >= 11 is 0. The number of rotatable bonds is 10. The molecule has 0 atom stereocenters. The Morgan fingerprint density at radius 2 is 1.28 bits per heavy atom. The highest BCUT2D eigenvalue weighted by molar-refractivity contribution is 5.83. The molecule has 0 saturated carbocycles. The van der Waals surface area contributed by atoms with Gasteiger partial charge in [-0.05, 0) is 41.2 Å². The van der Waals surface area contributed by atoms with Crippen molar-refractivity contribution in [1.29, 1.82) is 0 Å². The summed E-state index contributed by atoms with van der Waals surface area (Å²) in [4.78, 5) is 0. The van der Waals surface area contributed by atoms with Crippen molar-refractivity contribution >= 4 is 0 Å². The zero-order chi connectivity index (χ0) is 20.5. The Balaban J connectivity index is 1.74. The second-order valence-corrected chi connectivity index (χ2v) is 7.72. The highest BCUT2D eigenvalue weighted by atomic mass is 19.2. The number of halogens is 2. The summed E-state index contributed by atoms with van der Waals surface area (Å²) in [6.07, 6.45) is 10.1. The summed E-state index contributed by atoms with van der Waals surface area (Å²) < 4.78 is 28.2. The van der Waals surface area contributed by atoms with Crippen molar-refractivity contribution in [2.75, 3.05) is 0 Å². The quantitative estimate of drug-likeness (QED) is 0.303. The highest BCUT2D eigenvalue weighted by Crippen LogP contribution is 2.34. The van der Waals surface area contributed by atoms with E-state index in [0.29, 0.717) is 5.56 Å². The molecule has 0 aliphatic heterocycles. The fraction of sp³-hybridized carbons (Fsp3) is 0.333. The van der Waals surface area contributed by atoms with Crippen molar-refractivity contribution in [3.05, 3.63) is 83.9 Å². The van der Waals surface area contributed by atoms with Gasteiger partial charge in [-0.1, -0.05) is 106 Å². The largest absolute Gasteiger partial charge is 0.204 e. The predicted molar refractivity (Wildman–Crippen MR) is 119 cm³/mol. The zero-order valence-electron chi connectivity index (χ0n) is 17.3. The molecule has 0 aliphatic rings. The van der Waals surface area contributed by atoms with E-state index in [2.05, 4.69) is 25.1 Å². The number of hydrogen-bond donors (Lipinski definition) is 0. The number of hydrogen-bond acceptors (Lipinski definition) is 0. The van der Waals surface area contributed by atoms with E-state index < -0.39 is 11.6 Å². The smallest absolute Gasteiger partial charge is 0.166 e. The average molecular weight is 393 g/mol. The van der Waals surface area contributed by atoms with E-state index in [1.54, 1.807) is 12.1 Å². The first-order valence-corrected chi connectivity index (χ1v) is 10.8. The summed E-state index contributed by atoms with van der Waals surface area (Å²) in [7, 11) is 0. The van der Waals surface area contributed by atoms with Gasteiger partial charge in [0.15, 0.2) is 11.6 Å². The van der Waals surface area contributed by atoms with Gasteiger partial charge >= 0.3 is 0 Å². The van der Waals surface area contributed by atoms with Crippen LogP contribution in [-0.4, -0.2) is 0 Å². The first-order valence-electron chi connectivity index (χ1n) is 10.8. The Kier molecular flexibility index (Phi) is 7.98. The molecular weight excluding hydrogens is 362 g/mol. The van der Waals surface area contributed by atoms with Gasteiger partial charge < -0.3 is 0 Å². The summed E-state index contributed by atoms with van der Waals surface area (Å²) in [6.45, 7) is 2.24. The van der Waals surface area contributed by atoms with Gasteiger partial charge in [0, 0.05) is 5.56 Å². The normalized spacial score (nSPS) is 11.0. The lowest BCUT2D eigenvalue weighted by Gasteiger charge is -2.12. The van der Waals surface area contributed by atoms with Crippen LogP contribution < -0.4 is 0 Å². The molecule has 0 aromatic heterocycles. The Bertz CT molecular complexity index is 914. The first kappa shape index (κ1) is 21.2. The van der Waals surface area contributed by atoms with E-state index in [1.807, 2.05) is 30.3 Å². The van der Waals surface area contributed by atoms with Crippen molar-refractivity contribution in [2.45, 2.75) is 58.3 Å². The Hall–Kier alpha value is -2.48. The topological polar surface area (TPSA) is 0 Å². The van der Waals surface area contributed by atoms with Crippen molar-refractivity contribution in [3.8, 4) is 22.3 Å². The minimum atomic E-state index is -0.815. The van der Waals surface area contributed by atoms with Gasteiger partial charge in [0.25, 0.3) is 0 Å². The fourth-order valence-electron chi connectivity index (χ4n) is 3.86. The van der Waals surface area contributed by atoms with Crippen LogP contribution in [0.4, 0.5) is 8.78 Å². The van der Waals surface area contributed by atoms with E-state index in [9.17, 15) is 8.78 Å². The molecule has 2 heteroatoms. The van der Waals surface area contributed by atoms with Gasteiger partial charge in [-0.2, -0.15) is 0 Å². The summed E-state index contributed by atoms with van der Waals surface area (Å²) in [5, 5.41) is 0. The fourth-order valence-corrected chi connectivity index (χ4v) is 3.86. The molecule has 0 bridgehead atoms. The van der Waals surface area contributed by atoms with E-state index in [1.165, 1.54) is 50.5 Å². The number of benzene rings is 3. The molecular formula is C27H30F2. The second-order valence-electron chi connectivity index (χ2n) is 7.72. The van der Waals surface area contributed by atoms with Crippen molar-refractivity contribution in [2.24, 2.45) is 0 Å². The Labute approximate surface area is 173 Å². The predicted octanol–water partition coefficient (Wildman–Crippen LogP) is 8.59. The lowest BCUT2D eigenvalue weighted by atomic mass is 9.92. The zero-order valence-corrected chi connectivity index (χ0v) is 17.3. The standard InChI is InChI=1S/C27H30F2/c1-2-3-4-5-6-7-8-13-21-14-11-15-22(20-21)23-16-9-10-17-24(23)25-18-12-19-26(28)27(25)29/h9-12,14-20H,2-8,13H2,1H3. The summed E-state index contributed by atoms with van der Waals surface area (Å²) in [6, 6.07) is 20.5. The maximum absolute atomic E-state index is 14.4. The van der Waals surface area contributed by atoms with Gasteiger partial charge in [-0.25, -0.2) is 8.78 Å². The van der Waals surface area contributed by atoms with Gasteiger partial charge in [0.2, 0.25) is 0 Å². The molecule has 0 spiro atoms. The van der Waals surface area contributed by atoms with E-state index in [-0.39, 0.29) is 0 Å². The molecule has 0 N–H and O–H groups in total. The van der Waals surface area contributed by atoms with Crippen molar-refractivity contribution in [3.63, 3.8) is 0 Å². The van der Waals surface area contributed by atoms with E-state index in [4.69, 9.17) is 0 Å². The van der Waals surface area contributed by atoms with Crippen LogP contribution in [0.2, 0.25) is 0 Å². The Morgan fingerprint density at radius 3 is 2.07 bits per heavy atom. The maximum Gasteiger partial charge on any atom is 0.166 e. The van der Waals surface area contributed by atoms with Crippen LogP contribution in [0, 0.1) is 11.6 Å². The average Bonchev–Trinajstić information content (AvgIpc) is 2.75. The van der Waals surface area contributed by atoms with Crippen LogP contribution >= 0.6 is 0 Å². The van der Waals surface area contributed by atoms with Gasteiger partial charge in [0.05, 0.1) is 0 Å². The molecule has 29 heavy (non-hydrogen) atoms. The number of aryl methyl sites for hydroxylation is 1. The third-order valence-electron chi connectivity index (χ3n) is 5.48. The first-order chi connectivity index (χ1) is 14.2. The van der Waals surface area contributed by atoms with Crippen molar-refractivity contribution in [1.82, 2.24) is 0 Å². The monoisotopic (exact) mass is 392 g/mol. The molecule has 0 nitrogen and oxygen atoms in total. The molecule has 3 aromatic rings. The van der Waals surface area contributed by atoms with Crippen LogP contribution in [0.3, 0.4) is 0 Å². The SMILES string of the molecule is CCCCCCCCCc1cccc(-c2ccccc2-c2cccc(F)c2F)c1. The third kappa shape index (κ3) is 5.76. The minimum Gasteiger partial charge on any atom is -0.204 e. The molecule has 0 fully saturated rings. The molecule has 0 saturated heterocycles. The van der Waals surface area contributed by atoms with Crippen LogP contribution in [0.25, 0.3) is 22.3 Å². The van der Waals surface area contributed by atoms with Gasteiger partial charge in [0.1, 0.15) is 0 Å². The molecule has 0 heterocycles.